The van der Waals surface area contributed by atoms with Crippen LogP contribution in [-0.4, -0.2) is 17.0 Å². The van der Waals surface area contributed by atoms with Crippen LogP contribution in [-0.2, 0) is 6.54 Å². The van der Waals surface area contributed by atoms with E-state index < -0.39 is 0 Å². The zero-order valence-corrected chi connectivity index (χ0v) is 10.9. The maximum Gasteiger partial charge on any atom is 0.148 e. The van der Waals surface area contributed by atoms with Gasteiger partial charge in [-0.3, -0.25) is 0 Å². The molecule has 16 heavy (non-hydrogen) atoms. The number of anilines is 1. The van der Waals surface area contributed by atoms with Crippen molar-refractivity contribution in [1.82, 2.24) is 9.97 Å². The highest BCUT2D eigenvalue weighted by molar-refractivity contribution is 9.10. The second-order valence-electron chi connectivity index (χ2n) is 3.24. The quantitative estimate of drug-likeness (QED) is 0.817. The van der Waals surface area contributed by atoms with Crippen LogP contribution in [0.4, 0.5) is 5.82 Å². The van der Waals surface area contributed by atoms with E-state index >= 15 is 0 Å². The lowest BCUT2D eigenvalue weighted by Crippen LogP contribution is -2.18. The Morgan fingerprint density at radius 2 is 2.31 bits per heavy atom. The Balaban J connectivity index is 2.21. The van der Waals surface area contributed by atoms with Crippen LogP contribution in [0.2, 0.25) is 5.15 Å². The normalized spacial score (nSPS) is 10.4. The smallest absolute Gasteiger partial charge is 0.148 e. The Morgan fingerprint density at radius 3 is 3.00 bits per heavy atom. The molecule has 0 radical (unpaired) electrons. The largest absolute Gasteiger partial charge is 0.467 e. The molecule has 0 N–H and O–H groups in total. The van der Waals surface area contributed by atoms with Gasteiger partial charge in [0.2, 0.25) is 0 Å². The molecule has 0 aliphatic rings. The third-order valence-electron chi connectivity index (χ3n) is 2.06. The van der Waals surface area contributed by atoms with Gasteiger partial charge in [0.05, 0.1) is 17.3 Å². The number of rotatable bonds is 3. The van der Waals surface area contributed by atoms with Crippen LogP contribution in [0.25, 0.3) is 0 Å². The second-order valence-corrected chi connectivity index (χ2v) is 4.39. The highest BCUT2D eigenvalue weighted by Crippen LogP contribution is 2.29. The summed E-state index contributed by atoms with van der Waals surface area (Å²) in [7, 11) is 1.91. The van der Waals surface area contributed by atoms with Gasteiger partial charge in [0.1, 0.15) is 23.1 Å². The fraction of sp³-hybridized carbons (Fsp3) is 0.200. The van der Waals surface area contributed by atoms with E-state index in [1.807, 2.05) is 24.1 Å². The van der Waals surface area contributed by atoms with Crippen molar-refractivity contribution in [2.24, 2.45) is 0 Å². The van der Waals surface area contributed by atoms with Crippen molar-refractivity contribution < 1.29 is 4.42 Å². The first kappa shape index (κ1) is 11.4. The molecule has 0 fully saturated rings. The van der Waals surface area contributed by atoms with Crippen molar-refractivity contribution in [3.05, 3.63) is 40.1 Å². The predicted octanol–water partition coefficient (Wildman–Crippen LogP) is 3.12. The molecule has 0 bridgehead atoms. The molecule has 6 heteroatoms. The highest BCUT2D eigenvalue weighted by atomic mass is 79.9. The maximum atomic E-state index is 5.89. The summed E-state index contributed by atoms with van der Waals surface area (Å²) in [6.07, 6.45) is 3.08. The molecule has 0 unspecified atom stereocenters. The Kier molecular flexibility index (Phi) is 3.46. The molecule has 0 atom stereocenters. The maximum absolute atomic E-state index is 5.89. The van der Waals surface area contributed by atoms with Gasteiger partial charge in [-0.25, -0.2) is 9.97 Å². The molecule has 0 aliphatic heterocycles. The number of hydrogen-bond donors (Lipinski definition) is 0. The second kappa shape index (κ2) is 4.84. The molecule has 2 rings (SSSR count). The zero-order chi connectivity index (χ0) is 11.5. The van der Waals surface area contributed by atoms with Gasteiger partial charge in [0.15, 0.2) is 0 Å². The highest BCUT2D eigenvalue weighted by Gasteiger charge is 2.12. The number of furan rings is 1. The molecule has 0 spiro atoms. The van der Waals surface area contributed by atoms with Crippen LogP contribution in [0.3, 0.4) is 0 Å². The summed E-state index contributed by atoms with van der Waals surface area (Å²) in [6, 6.07) is 3.76. The van der Waals surface area contributed by atoms with Gasteiger partial charge in [-0.2, -0.15) is 0 Å². The van der Waals surface area contributed by atoms with E-state index in [4.69, 9.17) is 16.0 Å². The van der Waals surface area contributed by atoms with E-state index in [1.54, 1.807) is 6.26 Å². The molecular weight excluding hydrogens is 293 g/mol. The van der Waals surface area contributed by atoms with Crippen LogP contribution >= 0.6 is 27.5 Å². The molecule has 2 aromatic rings. The van der Waals surface area contributed by atoms with Crippen molar-refractivity contribution in [2.45, 2.75) is 6.54 Å². The fourth-order valence-corrected chi connectivity index (χ4v) is 1.95. The monoisotopic (exact) mass is 301 g/mol. The SMILES string of the molecule is CN(Cc1ccco1)c1ncnc(Cl)c1Br. The van der Waals surface area contributed by atoms with E-state index in [-0.39, 0.29) is 0 Å². The summed E-state index contributed by atoms with van der Waals surface area (Å²) in [5.41, 5.74) is 0. The van der Waals surface area contributed by atoms with Crippen molar-refractivity contribution in [1.29, 1.82) is 0 Å². The van der Waals surface area contributed by atoms with Crippen LogP contribution in [0.15, 0.2) is 33.6 Å². The molecule has 0 aliphatic carbocycles. The molecule has 0 aromatic carbocycles. The number of nitrogens with zero attached hydrogens (tertiary/aromatic N) is 3. The average molecular weight is 303 g/mol. The Bertz CT molecular complexity index is 475. The van der Waals surface area contributed by atoms with Crippen molar-refractivity contribution in [2.75, 3.05) is 11.9 Å². The minimum Gasteiger partial charge on any atom is -0.467 e. The van der Waals surface area contributed by atoms with Crippen molar-refractivity contribution in [3.63, 3.8) is 0 Å². The Morgan fingerprint density at radius 1 is 1.50 bits per heavy atom. The summed E-state index contributed by atoms with van der Waals surface area (Å²) >= 11 is 9.25. The number of hydrogen-bond acceptors (Lipinski definition) is 4. The molecule has 84 valence electrons. The van der Waals surface area contributed by atoms with E-state index in [9.17, 15) is 0 Å². The Labute approximate surface area is 106 Å². The lowest BCUT2D eigenvalue weighted by Gasteiger charge is -2.17. The minimum absolute atomic E-state index is 0.399. The minimum atomic E-state index is 0.399. The molecular formula is C10H9BrClN3O. The first-order valence-corrected chi connectivity index (χ1v) is 5.75. The Hall–Kier alpha value is -1.07. The van der Waals surface area contributed by atoms with Gasteiger partial charge in [-0.1, -0.05) is 11.6 Å². The third kappa shape index (κ3) is 2.36. The van der Waals surface area contributed by atoms with Gasteiger partial charge in [0.25, 0.3) is 0 Å². The summed E-state index contributed by atoms with van der Waals surface area (Å²) in [5, 5.41) is 0.399. The van der Waals surface area contributed by atoms with Crippen LogP contribution in [0, 0.1) is 0 Å². The summed E-state index contributed by atoms with van der Waals surface area (Å²) in [5.74, 6) is 1.60. The number of aromatic nitrogens is 2. The lowest BCUT2D eigenvalue weighted by molar-refractivity contribution is 0.506. The van der Waals surface area contributed by atoms with Gasteiger partial charge >= 0.3 is 0 Å². The number of halogens is 2. The molecule has 0 saturated carbocycles. The van der Waals surface area contributed by atoms with Crippen LogP contribution < -0.4 is 4.90 Å². The predicted molar refractivity (Wildman–Crippen MR) is 65.6 cm³/mol. The van der Waals surface area contributed by atoms with Crippen LogP contribution in [0.1, 0.15) is 5.76 Å². The average Bonchev–Trinajstić information content (AvgIpc) is 2.74. The summed E-state index contributed by atoms with van der Waals surface area (Å²) < 4.78 is 5.95. The molecule has 0 amide bonds. The van der Waals surface area contributed by atoms with E-state index in [2.05, 4.69) is 25.9 Å². The first-order chi connectivity index (χ1) is 7.68. The van der Waals surface area contributed by atoms with Crippen LogP contribution in [0.5, 0.6) is 0 Å². The zero-order valence-electron chi connectivity index (χ0n) is 8.52. The van der Waals surface area contributed by atoms with E-state index in [1.165, 1.54) is 6.33 Å². The summed E-state index contributed by atoms with van der Waals surface area (Å²) in [6.45, 7) is 0.624. The standard InChI is InChI=1S/C10H9BrClN3O/c1-15(5-7-3-2-4-16-7)10-8(11)9(12)13-6-14-10/h2-4,6H,5H2,1H3. The fourth-order valence-electron chi connectivity index (χ4n) is 1.32. The molecule has 2 aromatic heterocycles. The molecule has 2 heterocycles. The van der Waals surface area contributed by atoms with Gasteiger partial charge in [-0.05, 0) is 28.1 Å². The first-order valence-electron chi connectivity index (χ1n) is 4.58. The summed E-state index contributed by atoms with van der Waals surface area (Å²) in [4.78, 5) is 9.96. The van der Waals surface area contributed by atoms with Gasteiger partial charge < -0.3 is 9.32 Å². The third-order valence-corrected chi connectivity index (χ3v) is 3.31. The van der Waals surface area contributed by atoms with Crippen molar-refractivity contribution in [3.8, 4) is 0 Å². The lowest BCUT2D eigenvalue weighted by atomic mass is 10.4. The molecule has 4 nitrogen and oxygen atoms in total. The van der Waals surface area contributed by atoms with Gasteiger partial charge in [-0.15, -0.1) is 0 Å². The molecule has 0 saturated heterocycles. The van der Waals surface area contributed by atoms with E-state index in [0.29, 0.717) is 16.2 Å². The van der Waals surface area contributed by atoms with Crippen molar-refractivity contribution >= 4 is 33.3 Å². The van der Waals surface area contributed by atoms with E-state index in [0.717, 1.165) is 11.6 Å². The topological polar surface area (TPSA) is 42.2 Å². The van der Waals surface area contributed by atoms with Gasteiger partial charge in [0, 0.05) is 7.05 Å².